The molecule has 21 heavy (non-hydrogen) atoms. The third-order valence-electron chi connectivity index (χ3n) is 4.48. The predicted molar refractivity (Wildman–Crippen MR) is 83.4 cm³/mol. The highest BCUT2D eigenvalue weighted by Crippen LogP contribution is 2.30. The van der Waals surface area contributed by atoms with Crippen molar-refractivity contribution in [3.63, 3.8) is 0 Å². The highest BCUT2D eigenvalue weighted by atomic mass is 16.6. The van der Waals surface area contributed by atoms with Crippen LogP contribution in [-0.4, -0.2) is 41.9 Å². The highest BCUT2D eigenvalue weighted by molar-refractivity contribution is 5.68. The van der Waals surface area contributed by atoms with Crippen LogP contribution in [0.3, 0.4) is 0 Å². The molecule has 2 fully saturated rings. The van der Waals surface area contributed by atoms with Crippen molar-refractivity contribution in [2.75, 3.05) is 19.7 Å². The zero-order valence-corrected chi connectivity index (χ0v) is 14.1. The summed E-state index contributed by atoms with van der Waals surface area (Å²) >= 11 is 0. The maximum absolute atomic E-state index is 12.1. The van der Waals surface area contributed by atoms with Gasteiger partial charge in [0.25, 0.3) is 0 Å². The van der Waals surface area contributed by atoms with Gasteiger partial charge in [-0.25, -0.2) is 4.79 Å². The standard InChI is InChI=1S/C17H31NO3/c1-16(2,3)21-15(19)18-11-10-17(4,13-18)20-12-14-8-6-5-7-9-14/h14H,5-13H2,1-4H3. The molecular weight excluding hydrogens is 266 g/mol. The van der Waals surface area contributed by atoms with Crippen molar-refractivity contribution in [2.45, 2.75) is 77.4 Å². The van der Waals surface area contributed by atoms with E-state index in [-0.39, 0.29) is 11.7 Å². The summed E-state index contributed by atoms with van der Waals surface area (Å²) in [7, 11) is 0. The molecule has 1 saturated heterocycles. The summed E-state index contributed by atoms with van der Waals surface area (Å²) in [4.78, 5) is 13.9. The van der Waals surface area contributed by atoms with Gasteiger partial charge in [0.05, 0.1) is 18.8 Å². The van der Waals surface area contributed by atoms with Gasteiger partial charge >= 0.3 is 6.09 Å². The summed E-state index contributed by atoms with van der Waals surface area (Å²) in [5.74, 6) is 0.714. The maximum Gasteiger partial charge on any atom is 0.410 e. The second-order valence-corrected chi connectivity index (χ2v) is 7.92. The molecule has 0 spiro atoms. The molecule has 0 aromatic rings. The molecule has 122 valence electrons. The summed E-state index contributed by atoms with van der Waals surface area (Å²) in [6.45, 7) is 10.1. The molecule has 0 radical (unpaired) electrons. The van der Waals surface area contributed by atoms with E-state index in [1.807, 2.05) is 20.8 Å². The number of nitrogens with zero attached hydrogens (tertiary/aromatic N) is 1. The minimum absolute atomic E-state index is 0.200. The van der Waals surface area contributed by atoms with Crippen molar-refractivity contribution in [1.82, 2.24) is 4.90 Å². The third-order valence-corrected chi connectivity index (χ3v) is 4.48. The van der Waals surface area contributed by atoms with E-state index < -0.39 is 5.60 Å². The molecule has 2 aliphatic rings. The predicted octanol–water partition coefficient (Wildman–Crippen LogP) is 3.98. The number of carbonyl (C=O) groups excluding carboxylic acids is 1. The Kier molecular flexibility index (Phi) is 5.18. The lowest BCUT2D eigenvalue weighted by atomic mass is 9.90. The Balaban J connectivity index is 1.78. The number of likely N-dealkylation sites (tertiary alicyclic amines) is 1. The topological polar surface area (TPSA) is 38.8 Å². The van der Waals surface area contributed by atoms with Gasteiger partial charge in [0, 0.05) is 6.54 Å². The van der Waals surface area contributed by atoms with Crippen molar-refractivity contribution in [3.05, 3.63) is 0 Å². The van der Waals surface area contributed by atoms with Crippen molar-refractivity contribution < 1.29 is 14.3 Å². The molecule has 4 heteroatoms. The van der Waals surface area contributed by atoms with E-state index in [0.717, 1.165) is 19.6 Å². The summed E-state index contributed by atoms with van der Waals surface area (Å²) in [6.07, 6.45) is 7.34. The van der Waals surface area contributed by atoms with Crippen LogP contribution in [0.25, 0.3) is 0 Å². The summed E-state index contributed by atoms with van der Waals surface area (Å²) in [5, 5.41) is 0. The number of hydrogen-bond acceptors (Lipinski definition) is 3. The van der Waals surface area contributed by atoms with Crippen LogP contribution in [0.5, 0.6) is 0 Å². The third kappa shape index (κ3) is 5.17. The van der Waals surface area contributed by atoms with Crippen LogP contribution in [0.15, 0.2) is 0 Å². The Labute approximate surface area is 129 Å². The van der Waals surface area contributed by atoms with Crippen LogP contribution in [0, 0.1) is 5.92 Å². The lowest BCUT2D eigenvalue weighted by Crippen LogP contribution is -2.39. The Morgan fingerprint density at radius 3 is 2.52 bits per heavy atom. The first kappa shape index (κ1) is 16.6. The number of hydrogen-bond donors (Lipinski definition) is 0. The van der Waals surface area contributed by atoms with Gasteiger partial charge in [0.2, 0.25) is 0 Å². The van der Waals surface area contributed by atoms with E-state index in [0.29, 0.717) is 12.5 Å². The average Bonchev–Trinajstić information content (AvgIpc) is 2.79. The molecule has 0 aromatic carbocycles. The smallest absolute Gasteiger partial charge is 0.410 e. The Hall–Kier alpha value is -0.770. The van der Waals surface area contributed by atoms with Crippen LogP contribution in [0.1, 0.15) is 66.2 Å². The molecule has 0 bridgehead atoms. The molecule has 0 aromatic heterocycles. The van der Waals surface area contributed by atoms with E-state index in [9.17, 15) is 4.79 Å². The van der Waals surface area contributed by atoms with E-state index in [2.05, 4.69) is 6.92 Å². The van der Waals surface area contributed by atoms with Crippen molar-refractivity contribution in [1.29, 1.82) is 0 Å². The summed E-state index contributed by atoms with van der Waals surface area (Å²) in [6, 6.07) is 0. The molecule has 2 rings (SSSR count). The van der Waals surface area contributed by atoms with E-state index in [1.165, 1.54) is 32.1 Å². The van der Waals surface area contributed by atoms with Gasteiger partial charge in [-0.05, 0) is 52.9 Å². The molecular formula is C17H31NO3. The number of amides is 1. The number of rotatable bonds is 3. The van der Waals surface area contributed by atoms with Gasteiger partial charge in [-0.3, -0.25) is 0 Å². The van der Waals surface area contributed by atoms with Crippen LogP contribution in [0.2, 0.25) is 0 Å². The van der Waals surface area contributed by atoms with E-state index in [1.54, 1.807) is 4.90 Å². The maximum atomic E-state index is 12.1. The molecule has 1 aliphatic carbocycles. The summed E-state index contributed by atoms with van der Waals surface area (Å²) < 4.78 is 11.6. The first-order valence-electron chi connectivity index (χ1n) is 8.39. The highest BCUT2D eigenvalue weighted by Gasteiger charge is 2.39. The second-order valence-electron chi connectivity index (χ2n) is 7.92. The zero-order valence-electron chi connectivity index (χ0n) is 14.1. The Bertz CT molecular complexity index is 358. The fraction of sp³-hybridized carbons (Fsp3) is 0.941. The quantitative estimate of drug-likeness (QED) is 0.791. The van der Waals surface area contributed by atoms with Crippen molar-refractivity contribution >= 4 is 6.09 Å². The minimum atomic E-state index is -0.432. The van der Waals surface area contributed by atoms with Gasteiger partial charge in [0.15, 0.2) is 0 Å². The molecule has 0 N–H and O–H groups in total. The fourth-order valence-corrected chi connectivity index (χ4v) is 3.21. The zero-order chi connectivity index (χ0) is 15.5. The summed E-state index contributed by atoms with van der Waals surface area (Å²) in [5.41, 5.74) is -0.632. The molecule has 1 amide bonds. The van der Waals surface area contributed by atoms with E-state index >= 15 is 0 Å². The minimum Gasteiger partial charge on any atom is -0.444 e. The number of carbonyl (C=O) groups is 1. The van der Waals surface area contributed by atoms with Gasteiger partial charge in [-0.15, -0.1) is 0 Å². The average molecular weight is 297 g/mol. The SMILES string of the molecule is CC(C)(C)OC(=O)N1CCC(C)(OCC2CCCCC2)C1. The van der Waals surface area contributed by atoms with Crippen molar-refractivity contribution in [3.8, 4) is 0 Å². The van der Waals surface area contributed by atoms with Crippen LogP contribution >= 0.6 is 0 Å². The molecule has 1 saturated carbocycles. The number of ether oxygens (including phenoxy) is 2. The Morgan fingerprint density at radius 2 is 1.90 bits per heavy atom. The molecule has 1 atom stereocenters. The van der Waals surface area contributed by atoms with Gasteiger partial charge in [-0.2, -0.15) is 0 Å². The van der Waals surface area contributed by atoms with E-state index in [4.69, 9.17) is 9.47 Å². The van der Waals surface area contributed by atoms with Gasteiger partial charge in [0.1, 0.15) is 5.60 Å². The van der Waals surface area contributed by atoms with Gasteiger partial charge < -0.3 is 14.4 Å². The monoisotopic (exact) mass is 297 g/mol. The second kappa shape index (κ2) is 6.55. The Morgan fingerprint density at radius 1 is 1.24 bits per heavy atom. The molecule has 1 heterocycles. The molecule has 4 nitrogen and oxygen atoms in total. The first-order chi connectivity index (χ1) is 9.77. The van der Waals surface area contributed by atoms with Crippen LogP contribution in [-0.2, 0) is 9.47 Å². The van der Waals surface area contributed by atoms with Gasteiger partial charge in [-0.1, -0.05) is 19.3 Å². The first-order valence-corrected chi connectivity index (χ1v) is 8.39. The fourth-order valence-electron chi connectivity index (χ4n) is 3.21. The molecule has 1 unspecified atom stereocenters. The van der Waals surface area contributed by atoms with Crippen LogP contribution in [0.4, 0.5) is 4.79 Å². The lowest BCUT2D eigenvalue weighted by Gasteiger charge is -2.30. The normalized spacial score (nSPS) is 27.9. The lowest BCUT2D eigenvalue weighted by molar-refractivity contribution is -0.0469. The largest absolute Gasteiger partial charge is 0.444 e. The van der Waals surface area contributed by atoms with Crippen molar-refractivity contribution in [2.24, 2.45) is 5.92 Å². The molecule has 1 aliphatic heterocycles. The van der Waals surface area contributed by atoms with Crippen LogP contribution < -0.4 is 0 Å².